The maximum atomic E-state index is 12.0. The lowest BCUT2D eigenvalue weighted by molar-refractivity contribution is -0.126. The van der Waals surface area contributed by atoms with Gasteiger partial charge in [-0.15, -0.1) is 0 Å². The zero-order valence-corrected chi connectivity index (χ0v) is 12.5. The molecule has 2 aliphatic rings. The third-order valence-electron chi connectivity index (χ3n) is 3.68. The van der Waals surface area contributed by atoms with Crippen LogP contribution in [0.5, 0.6) is 0 Å². The van der Waals surface area contributed by atoms with Gasteiger partial charge in [0.05, 0.1) is 32.0 Å². The molecule has 0 aliphatic carbocycles. The van der Waals surface area contributed by atoms with E-state index in [-0.39, 0.29) is 37.2 Å². The maximum absolute atomic E-state index is 12.0. The molecule has 2 amide bonds. The fraction of sp³-hybridized carbons (Fsp3) is 0.786. The number of rotatable bonds is 7. The number of ether oxygens (including phenoxy) is 2. The van der Waals surface area contributed by atoms with Crippen molar-refractivity contribution in [2.45, 2.75) is 44.2 Å². The number of carbonyl (C=O) groups excluding carboxylic acids is 2. The molecule has 124 valence electrons. The summed E-state index contributed by atoms with van der Waals surface area (Å²) >= 11 is 0. The van der Waals surface area contributed by atoms with Gasteiger partial charge in [0.15, 0.2) is 0 Å². The van der Waals surface area contributed by atoms with E-state index in [1.807, 2.05) is 0 Å². The molecule has 1 fully saturated rings. The van der Waals surface area contributed by atoms with Crippen LogP contribution >= 0.6 is 0 Å². The topological polar surface area (TPSA) is 109 Å². The Labute approximate surface area is 129 Å². The molecule has 2 atom stereocenters. The Hall–Kier alpha value is -1.51. The van der Waals surface area contributed by atoms with Crippen LogP contribution < -0.4 is 10.7 Å². The second kappa shape index (κ2) is 8.82. The molecule has 0 bridgehead atoms. The number of aliphatic hydroxyl groups excluding tert-OH is 1. The molecule has 0 spiro atoms. The van der Waals surface area contributed by atoms with Gasteiger partial charge in [0, 0.05) is 25.2 Å². The summed E-state index contributed by atoms with van der Waals surface area (Å²) in [6, 6.07) is -0.194. The van der Waals surface area contributed by atoms with Gasteiger partial charge in [0.2, 0.25) is 11.8 Å². The van der Waals surface area contributed by atoms with Crippen LogP contribution in [-0.2, 0) is 19.1 Å². The molecule has 0 aromatic carbocycles. The van der Waals surface area contributed by atoms with Crippen molar-refractivity contribution in [3.63, 3.8) is 0 Å². The van der Waals surface area contributed by atoms with Gasteiger partial charge in [0.1, 0.15) is 0 Å². The Morgan fingerprint density at radius 3 is 3.09 bits per heavy atom. The first kappa shape index (κ1) is 16.9. The summed E-state index contributed by atoms with van der Waals surface area (Å²) in [5, 5.41) is 15.7. The van der Waals surface area contributed by atoms with Crippen molar-refractivity contribution in [2.24, 2.45) is 5.10 Å². The summed E-state index contributed by atoms with van der Waals surface area (Å²) in [7, 11) is 0. The molecule has 3 N–H and O–H groups in total. The zero-order valence-electron chi connectivity index (χ0n) is 12.5. The first-order valence-electron chi connectivity index (χ1n) is 7.63. The average molecular weight is 313 g/mol. The lowest BCUT2D eigenvalue weighted by atomic mass is 10.0. The molecular formula is C14H23N3O5. The summed E-state index contributed by atoms with van der Waals surface area (Å²) in [5.41, 5.74) is 3.26. The van der Waals surface area contributed by atoms with Gasteiger partial charge in [-0.25, -0.2) is 5.43 Å². The maximum Gasteiger partial charge on any atom is 0.240 e. The Morgan fingerprint density at radius 1 is 1.50 bits per heavy atom. The fourth-order valence-electron chi connectivity index (χ4n) is 2.49. The molecule has 0 radical (unpaired) electrons. The summed E-state index contributed by atoms with van der Waals surface area (Å²) < 4.78 is 10.9. The normalized spacial score (nSPS) is 25.3. The summed E-state index contributed by atoms with van der Waals surface area (Å²) in [6.45, 7) is 1.23. The minimum atomic E-state index is -0.194. The van der Waals surface area contributed by atoms with E-state index < -0.39 is 0 Å². The molecule has 8 heteroatoms. The van der Waals surface area contributed by atoms with Crippen molar-refractivity contribution in [1.29, 1.82) is 0 Å². The Morgan fingerprint density at radius 2 is 2.36 bits per heavy atom. The van der Waals surface area contributed by atoms with Gasteiger partial charge in [-0.2, -0.15) is 5.10 Å². The smallest absolute Gasteiger partial charge is 0.240 e. The molecule has 22 heavy (non-hydrogen) atoms. The van der Waals surface area contributed by atoms with E-state index in [1.165, 1.54) is 0 Å². The highest BCUT2D eigenvalue weighted by molar-refractivity contribution is 5.94. The highest BCUT2D eigenvalue weighted by Crippen LogP contribution is 2.12. The van der Waals surface area contributed by atoms with E-state index in [2.05, 4.69) is 15.8 Å². The number of hydrogen-bond donors (Lipinski definition) is 3. The third kappa shape index (κ3) is 5.36. The molecule has 2 aliphatic heterocycles. The van der Waals surface area contributed by atoms with E-state index in [1.54, 1.807) is 0 Å². The molecule has 0 unspecified atom stereocenters. The number of aliphatic hydroxyl groups is 1. The van der Waals surface area contributed by atoms with Gasteiger partial charge >= 0.3 is 0 Å². The van der Waals surface area contributed by atoms with Crippen LogP contribution in [0, 0.1) is 0 Å². The Bertz CT molecular complexity index is 427. The number of carbonyl (C=O) groups is 2. The van der Waals surface area contributed by atoms with Gasteiger partial charge in [-0.3, -0.25) is 9.59 Å². The van der Waals surface area contributed by atoms with Crippen LogP contribution in [0.3, 0.4) is 0 Å². The van der Waals surface area contributed by atoms with Crippen LogP contribution in [0.2, 0.25) is 0 Å². The second-order valence-corrected chi connectivity index (χ2v) is 5.38. The molecule has 1 saturated heterocycles. The van der Waals surface area contributed by atoms with E-state index in [0.717, 1.165) is 5.71 Å². The first-order valence-corrected chi connectivity index (χ1v) is 7.63. The van der Waals surface area contributed by atoms with E-state index in [0.29, 0.717) is 45.3 Å². The molecule has 2 heterocycles. The second-order valence-electron chi connectivity index (χ2n) is 5.38. The van der Waals surface area contributed by atoms with Gasteiger partial charge < -0.3 is 19.9 Å². The Balaban J connectivity index is 1.73. The van der Waals surface area contributed by atoms with Gasteiger partial charge in [-0.05, 0) is 19.3 Å². The van der Waals surface area contributed by atoms with E-state index in [4.69, 9.17) is 14.6 Å². The number of amides is 2. The highest BCUT2D eigenvalue weighted by Gasteiger charge is 2.27. The molecule has 0 aromatic heterocycles. The van der Waals surface area contributed by atoms with Crippen LogP contribution in [0.4, 0.5) is 0 Å². The van der Waals surface area contributed by atoms with E-state index in [9.17, 15) is 9.59 Å². The van der Waals surface area contributed by atoms with Crippen molar-refractivity contribution in [1.82, 2.24) is 10.7 Å². The van der Waals surface area contributed by atoms with Crippen molar-refractivity contribution in [2.75, 3.05) is 26.4 Å². The molecule has 0 aromatic rings. The minimum absolute atomic E-state index is 0.0381. The summed E-state index contributed by atoms with van der Waals surface area (Å²) in [5.74, 6) is -0.177. The van der Waals surface area contributed by atoms with E-state index >= 15 is 0 Å². The highest BCUT2D eigenvalue weighted by atomic mass is 16.5. The predicted octanol–water partition coefficient (Wildman–Crippen LogP) is -0.685. The lowest BCUT2D eigenvalue weighted by Crippen LogP contribution is -2.50. The average Bonchev–Trinajstić information content (AvgIpc) is 2.53. The third-order valence-corrected chi connectivity index (χ3v) is 3.68. The van der Waals surface area contributed by atoms with Crippen molar-refractivity contribution in [3.05, 3.63) is 0 Å². The van der Waals surface area contributed by atoms with Crippen molar-refractivity contribution in [3.8, 4) is 0 Å². The number of hydrogen-bond acceptors (Lipinski definition) is 6. The Kier molecular flexibility index (Phi) is 6.75. The summed E-state index contributed by atoms with van der Waals surface area (Å²) in [6.07, 6.45) is 2.45. The van der Waals surface area contributed by atoms with Crippen molar-refractivity contribution < 1.29 is 24.2 Å². The van der Waals surface area contributed by atoms with Crippen LogP contribution in [0.25, 0.3) is 0 Å². The largest absolute Gasteiger partial charge is 0.394 e. The zero-order chi connectivity index (χ0) is 15.8. The number of hydrazone groups is 1. The van der Waals surface area contributed by atoms with Crippen molar-refractivity contribution >= 4 is 17.5 Å². The monoisotopic (exact) mass is 313 g/mol. The molecule has 0 saturated carbocycles. The van der Waals surface area contributed by atoms with Gasteiger partial charge in [-0.1, -0.05) is 0 Å². The number of nitrogens with zero attached hydrogens (tertiary/aromatic N) is 1. The minimum Gasteiger partial charge on any atom is -0.394 e. The standard InChI is InChI=1S/C14H23N3O5/c18-6-8-22-12-5-7-21-9-11(12)15-13(19)3-1-10-2-4-14(20)17-16-10/h11-12,18H,1-9H2,(H,15,19)(H,17,20)/t11-,12+/m0/s1. The lowest BCUT2D eigenvalue weighted by Gasteiger charge is -2.32. The summed E-state index contributed by atoms with van der Waals surface area (Å²) in [4.78, 5) is 23.0. The molecular weight excluding hydrogens is 290 g/mol. The molecule has 8 nitrogen and oxygen atoms in total. The van der Waals surface area contributed by atoms with Crippen LogP contribution in [0.1, 0.15) is 32.1 Å². The van der Waals surface area contributed by atoms with Crippen LogP contribution in [-0.4, -0.2) is 61.2 Å². The number of nitrogens with one attached hydrogen (secondary N) is 2. The first-order chi connectivity index (χ1) is 10.7. The SMILES string of the molecule is O=C1CCC(CCC(=O)N[C@H]2COCC[C@H]2OCCO)=NN1. The van der Waals surface area contributed by atoms with Crippen LogP contribution in [0.15, 0.2) is 5.10 Å². The quantitative estimate of drug-likeness (QED) is 0.577. The molecule has 2 rings (SSSR count). The fourth-order valence-corrected chi connectivity index (χ4v) is 2.49. The van der Waals surface area contributed by atoms with Gasteiger partial charge in [0.25, 0.3) is 0 Å². The predicted molar refractivity (Wildman–Crippen MR) is 78.2 cm³/mol.